The first-order valence-corrected chi connectivity index (χ1v) is 5.42. The highest BCUT2D eigenvalue weighted by molar-refractivity contribution is 5.79. The van der Waals surface area contributed by atoms with Gasteiger partial charge in [-0.15, -0.1) is 0 Å². The minimum absolute atomic E-state index is 0.206. The summed E-state index contributed by atoms with van der Waals surface area (Å²) in [5, 5.41) is 5.53. The monoisotopic (exact) mass is 235 g/mol. The third-order valence-electron chi connectivity index (χ3n) is 2.58. The highest BCUT2D eigenvalue weighted by Gasteiger charge is 2.29. The van der Waals surface area contributed by atoms with Crippen molar-refractivity contribution >= 4 is 5.96 Å². The van der Waals surface area contributed by atoms with Gasteiger partial charge < -0.3 is 15.4 Å². The predicted octanol–water partition coefficient (Wildman–Crippen LogP) is 0.986. The van der Waals surface area contributed by atoms with Crippen molar-refractivity contribution in [2.45, 2.75) is 31.8 Å². The van der Waals surface area contributed by atoms with Gasteiger partial charge in [0.15, 0.2) is 5.96 Å². The van der Waals surface area contributed by atoms with Crippen LogP contribution in [0.1, 0.15) is 19.8 Å². The lowest BCUT2D eigenvalue weighted by molar-refractivity contribution is 0.0242. The van der Waals surface area contributed by atoms with E-state index in [2.05, 4.69) is 15.6 Å². The lowest BCUT2D eigenvalue weighted by atomic mass is 10.0. The molecule has 4 nitrogen and oxygen atoms in total. The standard InChI is InChI=1S/C10H19F2N3O/c1-10(4-3-5-16-10)7-15-9(13-2)14-6-8(11)12/h8H,3-7H2,1-2H3,(H2,13,14,15). The number of nitrogens with one attached hydrogen (secondary N) is 2. The van der Waals surface area contributed by atoms with Gasteiger partial charge in [0.2, 0.25) is 0 Å². The van der Waals surface area contributed by atoms with Crippen molar-refractivity contribution in [1.29, 1.82) is 0 Å². The van der Waals surface area contributed by atoms with Crippen LogP contribution in [0.5, 0.6) is 0 Å². The molecule has 1 saturated heterocycles. The topological polar surface area (TPSA) is 45.7 Å². The molecule has 0 aromatic carbocycles. The molecule has 94 valence electrons. The molecule has 0 aromatic heterocycles. The van der Waals surface area contributed by atoms with Gasteiger partial charge in [-0.2, -0.15) is 0 Å². The number of aliphatic imine (C=N–C) groups is 1. The Kier molecular flexibility index (Phi) is 4.92. The van der Waals surface area contributed by atoms with E-state index >= 15 is 0 Å². The zero-order valence-electron chi connectivity index (χ0n) is 9.72. The van der Waals surface area contributed by atoms with E-state index in [1.54, 1.807) is 7.05 Å². The second kappa shape index (κ2) is 5.98. The normalized spacial score (nSPS) is 26.2. The number of nitrogens with zero attached hydrogens (tertiary/aromatic N) is 1. The zero-order valence-corrected chi connectivity index (χ0v) is 9.72. The Balaban J connectivity index is 2.28. The van der Waals surface area contributed by atoms with Crippen molar-refractivity contribution < 1.29 is 13.5 Å². The molecule has 0 spiro atoms. The van der Waals surface area contributed by atoms with Crippen molar-refractivity contribution in [2.24, 2.45) is 4.99 Å². The van der Waals surface area contributed by atoms with Crippen LogP contribution in [0.2, 0.25) is 0 Å². The van der Waals surface area contributed by atoms with Crippen LogP contribution in [-0.2, 0) is 4.74 Å². The first-order valence-electron chi connectivity index (χ1n) is 5.42. The van der Waals surface area contributed by atoms with E-state index in [0.717, 1.165) is 19.4 Å². The van der Waals surface area contributed by atoms with Gasteiger partial charge in [0.25, 0.3) is 6.43 Å². The molecule has 1 rings (SSSR count). The molecule has 16 heavy (non-hydrogen) atoms. The third-order valence-corrected chi connectivity index (χ3v) is 2.58. The summed E-state index contributed by atoms with van der Waals surface area (Å²) < 4.78 is 29.5. The van der Waals surface area contributed by atoms with Crippen LogP contribution < -0.4 is 10.6 Å². The summed E-state index contributed by atoms with van der Waals surface area (Å²) in [6.07, 6.45) is -0.357. The Bertz CT molecular complexity index is 240. The minimum Gasteiger partial charge on any atom is -0.373 e. The number of guanidine groups is 1. The van der Waals surface area contributed by atoms with E-state index in [4.69, 9.17) is 4.74 Å². The van der Waals surface area contributed by atoms with Gasteiger partial charge in [0.1, 0.15) is 0 Å². The summed E-state index contributed by atoms with van der Waals surface area (Å²) in [5.74, 6) is 0.386. The number of ether oxygens (including phenoxy) is 1. The van der Waals surface area contributed by atoms with Gasteiger partial charge in [0.05, 0.1) is 12.1 Å². The van der Waals surface area contributed by atoms with Gasteiger partial charge in [0, 0.05) is 20.2 Å². The first-order chi connectivity index (χ1) is 7.56. The molecule has 1 fully saturated rings. The second-order valence-electron chi connectivity index (χ2n) is 4.10. The fraction of sp³-hybridized carbons (Fsp3) is 0.900. The molecule has 0 saturated carbocycles. The van der Waals surface area contributed by atoms with Gasteiger partial charge in [-0.05, 0) is 19.8 Å². The van der Waals surface area contributed by atoms with Crippen molar-refractivity contribution in [2.75, 3.05) is 26.7 Å². The van der Waals surface area contributed by atoms with Crippen molar-refractivity contribution in [3.05, 3.63) is 0 Å². The molecule has 1 atom stereocenters. The van der Waals surface area contributed by atoms with E-state index in [1.165, 1.54) is 0 Å². The molecular formula is C10H19F2N3O. The van der Waals surface area contributed by atoms with Crippen LogP contribution in [0.4, 0.5) is 8.78 Å². The quantitative estimate of drug-likeness (QED) is 0.564. The first kappa shape index (κ1) is 13.2. The Hall–Kier alpha value is -0.910. The van der Waals surface area contributed by atoms with Gasteiger partial charge >= 0.3 is 0 Å². The van der Waals surface area contributed by atoms with Crippen molar-refractivity contribution in [1.82, 2.24) is 10.6 Å². The SMILES string of the molecule is CN=C(NCC(F)F)NCC1(C)CCCO1. The average Bonchev–Trinajstić information content (AvgIpc) is 2.65. The number of hydrogen-bond acceptors (Lipinski definition) is 2. The van der Waals surface area contributed by atoms with Crippen LogP contribution in [-0.4, -0.2) is 44.7 Å². The summed E-state index contributed by atoms with van der Waals surface area (Å²) in [7, 11) is 1.55. The largest absolute Gasteiger partial charge is 0.373 e. The molecule has 2 N–H and O–H groups in total. The molecule has 0 aromatic rings. The summed E-state index contributed by atoms with van der Waals surface area (Å²) in [6, 6.07) is 0. The van der Waals surface area contributed by atoms with E-state index in [-0.39, 0.29) is 5.60 Å². The predicted molar refractivity (Wildman–Crippen MR) is 59.0 cm³/mol. The number of halogens is 2. The summed E-state index contributed by atoms with van der Waals surface area (Å²) >= 11 is 0. The van der Waals surface area contributed by atoms with Gasteiger partial charge in [-0.3, -0.25) is 4.99 Å². The van der Waals surface area contributed by atoms with E-state index < -0.39 is 13.0 Å². The Labute approximate surface area is 94.5 Å². The van der Waals surface area contributed by atoms with E-state index in [0.29, 0.717) is 12.5 Å². The van der Waals surface area contributed by atoms with Gasteiger partial charge in [-0.1, -0.05) is 0 Å². The number of alkyl halides is 2. The zero-order chi connectivity index (χ0) is 12.0. The van der Waals surface area contributed by atoms with Crippen LogP contribution in [0.25, 0.3) is 0 Å². The van der Waals surface area contributed by atoms with Crippen LogP contribution in [0.15, 0.2) is 4.99 Å². The van der Waals surface area contributed by atoms with Gasteiger partial charge in [-0.25, -0.2) is 8.78 Å². The summed E-state index contributed by atoms with van der Waals surface area (Å²) in [5.41, 5.74) is -0.206. The number of rotatable bonds is 4. The van der Waals surface area contributed by atoms with E-state index in [1.807, 2.05) is 6.92 Å². The molecule has 0 bridgehead atoms. The van der Waals surface area contributed by atoms with Crippen molar-refractivity contribution in [3.8, 4) is 0 Å². The molecule has 0 amide bonds. The van der Waals surface area contributed by atoms with Crippen LogP contribution in [0, 0.1) is 0 Å². The molecule has 1 aliphatic rings. The fourth-order valence-corrected chi connectivity index (χ4v) is 1.64. The molecule has 1 heterocycles. The van der Waals surface area contributed by atoms with Crippen LogP contribution >= 0.6 is 0 Å². The molecule has 1 aliphatic heterocycles. The Morgan fingerprint density at radius 2 is 2.25 bits per heavy atom. The smallest absolute Gasteiger partial charge is 0.255 e. The maximum absolute atomic E-state index is 12.0. The maximum Gasteiger partial charge on any atom is 0.255 e. The maximum atomic E-state index is 12.0. The molecule has 1 unspecified atom stereocenters. The minimum atomic E-state index is -2.38. The third kappa shape index (κ3) is 4.30. The Morgan fingerprint density at radius 1 is 1.50 bits per heavy atom. The molecule has 0 radical (unpaired) electrons. The fourth-order valence-electron chi connectivity index (χ4n) is 1.64. The lowest BCUT2D eigenvalue weighted by Crippen LogP contribution is -2.46. The average molecular weight is 235 g/mol. The highest BCUT2D eigenvalue weighted by Crippen LogP contribution is 2.23. The molecular weight excluding hydrogens is 216 g/mol. The summed E-state index contributed by atoms with van der Waals surface area (Å²) in [4.78, 5) is 3.86. The summed E-state index contributed by atoms with van der Waals surface area (Å²) in [6.45, 7) is 2.96. The van der Waals surface area contributed by atoms with Crippen molar-refractivity contribution in [3.63, 3.8) is 0 Å². The second-order valence-corrected chi connectivity index (χ2v) is 4.10. The lowest BCUT2D eigenvalue weighted by Gasteiger charge is -2.24. The van der Waals surface area contributed by atoms with E-state index in [9.17, 15) is 8.78 Å². The highest BCUT2D eigenvalue weighted by atomic mass is 19.3. The Morgan fingerprint density at radius 3 is 2.75 bits per heavy atom. The van der Waals surface area contributed by atoms with Crippen LogP contribution in [0.3, 0.4) is 0 Å². The molecule has 6 heteroatoms. The number of hydrogen-bond donors (Lipinski definition) is 2. The molecule has 0 aliphatic carbocycles.